The highest BCUT2D eigenvalue weighted by Gasteiger charge is 2.32. The lowest BCUT2D eigenvalue weighted by Gasteiger charge is -2.24. The van der Waals surface area contributed by atoms with E-state index in [-0.39, 0.29) is 18.8 Å². The van der Waals surface area contributed by atoms with Crippen LogP contribution in [0.1, 0.15) is 17.5 Å². The van der Waals surface area contributed by atoms with E-state index in [0.29, 0.717) is 33.2 Å². The number of nitrogens with zero attached hydrogens (tertiary/aromatic N) is 3. The third-order valence-corrected chi connectivity index (χ3v) is 5.76. The second-order valence-corrected chi connectivity index (χ2v) is 8.64. The van der Waals surface area contributed by atoms with Gasteiger partial charge in [0.2, 0.25) is 11.8 Å². The summed E-state index contributed by atoms with van der Waals surface area (Å²) in [5.74, 6) is -1.25. The number of alkyl halides is 3. The molecule has 0 unspecified atom stereocenters. The number of aromatic nitrogens is 2. The number of nitrogens with one attached hydrogen (secondary N) is 1. The highest BCUT2D eigenvalue weighted by Crippen LogP contribution is 2.42. The maximum absolute atomic E-state index is 13.7. The Morgan fingerprint density at radius 2 is 2.00 bits per heavy atom. The van der Waals surface area contributed by atoms with Gasteiger partial charge in [0, 0.05) is 24.2 Å². The molecule has 1 aliphatic heterocycles. The minimum Gasteiger partial charge on any atom is -0.488 e. The number of fused-ring (bicyclic) bond motifs is 3. The molecule has 0 saturated carbocycles. The zero-order valence-corrected chi connectivity index (χ0v) is 19.8. The van der Waals surface area contributed by atoms with Gasteiger partial charge in [-0.3, -0.25) is 19.2 Å². The van der Waals surface area contributed by atoms with Crippen molar-refractivity contribution in [1.82, 2.24) is 15.1 Å². The molecular formula is C24H21ClF4N4O3. The van der Waals surface area contributed by atoms with Crippen LogP contribution < -0.4 is 15.0 Å². The molecule has 0 saturated heterocycles. The number of benzene rings is 2. The van der Waals surface area contributed by atoms with E-state index in [2.05, 4.69) is 10.4 Å². The fourth-order valence-electron chi connectivity index (χ4n) is 3.94. The van der Waals surface area contributed by atoms with Crippen molar-refractivity contribution >= 4 is 29.2 Å². The molecule has 36 heavy (non-hydrogen) atoms. The molecule has 1 aromatic heterocycles. The van der Waals surface area contributed by atoms with Crippen LogP contribution in [0.5, 0.6) is 5.75 Å². The lowest BCUT2D eigenvalue weighted by atomic mass is 10.0. The van der Waals surface area contributed by atoms with Gasteiger partial charge in [-0.25, -0.2) is 4.39 Å². The minimum absolute atomic E-state index is 0.0343. The average molecular weight is 525 g/mol. The normalized spacial score (nSPS) is 12.4. The van der Waals surface area contributed by atoms with E-state index >= 15 is 0 Å². The molecule has 4 rings (SSSR count). The van der Waals surface area contributed by atoms with E-state index in [0.717, 1.165) is 4.90 Å². The molecule has 2 heterocycles. The lowest BCUT2D eigenvalue weighted by molar-refractivity contribution is -0.135. The summed E-state index contributed by atoms with van der Waals surface area (Å²) < 4.78 is 58.5. The summed E-state index contributed by atoms with van der Waals surface area (Å²) in [6.07, 6.45) is -5.91. The highest BCUT2D eigenvalue weighted by atomic mass is 35.5. The third-order valence-electron chi connectivity index (χ3n) is 5.53. The number of halogens is 5. The minimum atomic E-state index is -4.44. The van der Waals surface area contributed by atoms with Crippen molar-refractivity contribution in [3.8, 4) is 17.0 Å². The van der Waals surface area contributed by atoms with E-state index in [9.17, 15) is 27.2 Å². The summed E-state index contributed by atoms with van der Waals surface area (Å²) in [7, 11) is 1.65. The Bertz CT molecular complexity index is 1310. The summed E-state index contributed by atoms with van der Waals surface area (Å²) in [5, 5.41) is 7.07. The molecule has 2 amide bonds. The molecule has 0 atom stereocenters. The molecule has 1 N–H and O–H groups in total. The van der Waals surface area contributed by atoms with Crippen molar-refractivity contribution in [3.05, 3.63) is 64.4 Å². The van der Waals surface area contributed by atoms with Gasteiger partial charge in [0.25, 0.3) is 0 Å². The van der Waals surface area contributed by atoms with E-state index in [4.69, 9.17) is 16.3 Å². The summed E-state index contributed by atoms with van der Waals surface area (Å²) in [4.78, 5) is 26.9. The predicted molar refractivity (Wildman–Crippen MR) is 124 cm³/mol. The average Bonchev–Trinajstić information content (AvgIpc) is 3.13. The van der Waals surface area contributed by atoms with E-state index < -0.39 is 43.3 Å². The topological polar surface area (TPSA) is 76.5 Å². The summed E-state index contributed by atoms with van der Waals surface area (Å²) in [5.41, 5.74) is 2.12. The van der Waals surface area contributed by atoms with Crippen LogP contribution in [0.25, 0.3) is 11.3 Å². The number of carbonyl (C=O) groups excluding carboxylic acids is 2. The van der Waals surface area contributed by atoms with Crippen LogP contribution in [-0.4, -0.2) is 40.9 Å². The number of hydrogen-bond donors (Lipinski definition) is 1. The van der Waals surface area contributed by atoms with Gasteiger partial charge in [-0.2, -0.15) is 18.3 Å². The maximum Gasteiger partial charge on any atom is 0.390 e. The molecule has 3 aromatic rings. The number of anilines is 1. The van der Waals surface area contributed by atoms with Gasteiger partial charge in [-0.15, -0.1) is 0 Å². The van der Waals surface area contributed by atoms with Gasteiger partial charge in [0.05, 0.1) is 24.1 Å². The summed E-state index contributed by atoms with van der Waals surface area (Å²) in [6.45, 7) is -1.19. The largest absolute Gasteiger partial charge is 0.488 e. The first-order valence-electron chi connectivity index (χ1n) is 10.9. The van der Waals surface area contributed by atoms with Crippen molar-refractivity contribution in [2.24, 2.45) is 7.05 Å². The first-order chi connectivity index (χ1) is 17.0. The Kier molecular flexibility index (Phi) is 7.21. The lowest BCUT2D eigenvalue weighted by Crippen LogP contribution is -2.43. The Hall–Kier alpha value is -3.60. The van der Waals surface area contributed by atoms with Crippen molar-refractivity contribution in [2.45, 2.75) is 25.6 Å². The van der Waals surface area contributed by atoms with E-state index in [1.807, 2.05) is 0 Å². The SMILES string of the molecule is Cn1nc(N(CC(=O)NCCC(F)(F)F)C(=O)Cc2cccc(F)c2)c2c1-c1cc(Cl)ccc1OC2. The van der Waals surface area contributed by atoms with Gasteiger partial charge in [-0.1, -0.05) is 23.7 Å². The second-order valence-electron chi connectivity index (χ2n) is 8.21. The number of aryl methyl sites for hydroxylation is 1. The summed E-state index contributed by atoms with van der Waals surface area (Å²) >= 11 is 6.15. The van der Waals surface area contributed by atoms with Crippen molar-refractivity contribution < 1.29 is 31.9 Å². The Morgan fingerprint density at radius 3 is 2.72 bits per heavy atom. The van der Waals surface area contributed by atoms with Crippen LogP contribution >= 0.6 is 11.6 Å². The molecule has 2 aromatic carbocycles. The molecular weight excluding hydrogens is 504 g/mol. The number of hydrogen-bond acceptors (Lipinski definition) is 4. The van der Waals surface area contributed by atoms with E-state index in [1.54, 1.807) is 31.3 Å². The highest BCUT2D eigenvalue weighted by molar-refractivity contribution is 6.31. The standard InChI is InChI=1S/C24H21ClF4N4O3/c1-32-22-17-11-15(25)5-6-19(17)36-13-18(22)23(31-32)33(12-20(34)30-8-7-24(27,28)29)21(35)10-14-3-2-4-16(26)9-14/h2-6,9,11H,7-8,10,12-13H2,1H3,(H,30,34). The first-order valence-corrected chi connectivity index (χ1v) is 11.3. The second kappa shape index (κ2) is 10.2. The fraction of sp³-hybridized carbons (Fsp3) is 0.292. The number of ether oxygens (including phenoxy) is 1. The number of amides is 2. The smallest absolute Gasteiger partial charge is 0.390 e. The van der Waals surface area contributed by atoms with Gasteiger partial charge < -0.3 is 10.1 Å². The van der Waals surface area contributed by atoms with Crippen molar-refractivity contribution in [2.75, 3.05) is 18.0 Å². The van der Waals surface area contributed by atoms with Crippen LogP contribution in [0, 0.1) is 5.82 Å². The molecule has 0 fully saturated rings. The van der Waals surface area contributed by atoms with Crippen LogP contribution in [0.4, 0.5) is 23.4 Å². The van der Waals surface area contributed by atoms with Gasteiger partial charge in [0.1, 0.15) is 24.7 Å². The molecule has 0 aliphatic carbocycles. The van der Waals surface area contributed by atoms with Gasteiger partial charge in [0.15, 0.2) is 5.82 Å². The zero-order chi connectivity index (χ0) is 26.0. The molecule has 7 nitrogen and oxygen atoms in total. The molecule has 0 radical (unpaired) electrons. The Morgan fingerprint density at radius 1 is 1.22 bits per heavy atom. The van der Waals surface area contributed by atoms with Crippen molar-refractivity contribution in [3.63, 3.8) is 0 Å². The molecule has 12 heteroatoms. The number of carbonyl (C=O) groups is 2. The summed E-state index contributed by atoms with van der Waals surface area (Å²) in [6, 6.07) is 10.5. The quantitative estimate of drug-likeness (QED) is 0.464. The zero-order valence-electron chi connectivity index (χ0n) is 19.0. The monoisotopic (exact) mass is 524 g/mol. The van der Waals surface area contributed by atoms with Crippen LogP contribution in [0.2, 0.25) is 5.02 Å². The maximum atomic E-state index is 13.7. The molecule has 0 spiro atoms. The molecule has 1 aliphatic rings. The van der Waals surface area contributed by atoms with Crippen LogP contribution in [-0.2, 0) is 29.7 Å². The van der Waals surface area contributed by atoms with Gasteiger partial charge >= 0.3 is 6.18 Å². The van der Waals surface area contributed by atoms with Gasteiger partial charge in [-0.05, 0) is 35.9 Å². The fourth-order valence-corrected chi connectivity index (χ4v) is 4.12. The number of rotatable bonds is 7. The predicted octanol–water partition coefficient (Wildman–Crippen LogP) is 4.42. The molecule has 0 bridgehead atoms. The Balaban J connectivity index is 1.66. The van der Waals surface area contributed by atoms with Crippen molar-refractivity contribution in [1.29, 1.82) is 0 Å². The van der Waals surface area contributed by atoms with Crippen LogP contribution in [0.3, 0.4) is 0 Å². The third kappa shape index (κ3) is 5.78. The Labute approximate surface area is 208 Å². The first kappa shape index (κ1) is 25.5. The van der Waals surface area contributed by atoms with E-state index in [1.165, 1.54) is 22.9 Å². The molecule has 190 valence electrons. The van der Waals surface area contributed by atoms with Crippen LogP contribution in [0.15, 0.2) is 42.5 Å².